The Kier molecular flexibility index (Phi) is 2.80. The maximum Gasteiger partial charge on any atom is 0.156 e. The largest absolute Gasteiger partial charge is 0.302 e. The minimum Gasteiger partial charge on any atom is -0.302 e. The molecule has 0 aliphatic rings. The van der Waals surface area contributed by atoms with Crippen LogP contribution in [-0.4, -0.2) is 9.38 Å². The Bertz CT molecular complexity index is 686. The lowest BCUT2D eigenvalue weighted by Gasteiger charge is -2.02. The quantitative estimate of drug-likeness (QED) is 0.671. The number of hydrogen-bond acceptors (Lipinski definition) is 1. The van der Waals surface area contributed by atoms with Gasteiger partial charge in [-0.2, -0.15) is 0 Å². The molecule has 0 bridgehead atoms. The molecule has 2 heterocycles. The average Bonchev–Trinajstić information content (AvgIpc) is 2.80. The van der Waals surface area contributed by atoms with Crippen LogP contribution < -0.4 is 0 Å². The topological polar surface area (TPSA) is 17.3 Å². The Labute approximate surface area is 111 Å². The number of hydrogen-bond donors (Lipinski definition) is 0. The van der Waals surface area contributed by atoms with Crippen molar-refractivity contribution in [2.24, 2.45) is 0 Å². The van der Waals surface area contributed by atoms with Crippen molar-refractivity contribution >= 4 is 17.2 Å². The van der Waals surface area contributed by atoms with E-state index < -0.39 is 0 Å². The van der Waals surface area contributed by atoms with E-state index in [0.717, 1.165) is 23.3 Å². The molecular formula is C15H13ClN2. The minimum absolute atomic E-state index is 0.689. The maximum atomic E-state index is 6.20. The first-order valence-electron chi connectivity index (χ1n) is 6.02. The lowest BCUT2D eigenvalue weighted by atomic mass is 10.1. The van der Waals surface area contributed by atoms with Crippen LogP contribution in [-0.2, 0) is 6.42 Å². The number of fused-ring (bicyclic) bond motifs is 1. The molecule has 0 saturated heterocycles. The van der Waals surface area contributed by atoms with Crippen LogP contribution in [0.2, 0.25) is 5.02 Å². The summed E-state index contributed by atoms with van der Waals surface area (Å²) >= 11 is 6.20. The summed E-state index contributed by atoms with van der Waals surface area (Å²) in [5, 5.41) is 0.689. The Morgan fingerprint density at radius 1 is 1.11 bits per heavy atom. The molecule has 2 nitrogen and oxygen atoms in total. The molecular weight excluding hydrogens is 244 g/mol. The number of nitrogens with zero attached hydrogens (tertiary/aromatic N) is 2. The third kappa shape index (κ3) is 1.70. The number of imidazole rings is 1. The van der Waals surface area contributed by atoms with E-state index in [4.69, 9.17) is 11.6 Å². The normalized spacial score (nSPS) is 11.0. The van der Waals surface area contributed by atoms with Crippen LogP contribution in [0.4, 0.5) is 0 Å². The molecule has 0 atom stereocenters. The molecule has 18 heavy (non-hydrogen) atoms. The van der Waals surface area contributed by atoms with Gasteiger partial charge in [0.1, 0.15) is 0 Å². The van der Waals surface area contributed by atoms with Crippen LogP contribution in [0.15, 0.2) is 48.7 Å². The summed E-state index contributed by atoms with van der Waals surface area (Å²) in [5.41, 5.74) is 4.17. The van der Waals surface area contributed by atoms with Crippen molar-refractivity contribution < 1.29 is 0 Å². The third-order valence-electron chi connectivity index (χ3n) is 3.08. The summed E-state index contributed by atoms with van der Waals surface area (Å²) in [7, 11) is 0. The predicted octanol–water partition coefficient (Wildman–Crippen LogP) is 4.22. The second-order valence-corrected chi connectivity index (χ2v) is 4.58. The molecule has 0 radical (unpaired) electrons. The average molecular weight is 257 g/mol. The molecule has 0 saturated carbocycles. The fourth-order valence-corrected chi connectivity index (χ4v) is 2.45. The van der Waals surface area contributed by atoms with Gasteiger partial charge < -0.3 is 4.40 Å². The van der Waals surface area contributed by atoms with Gasteiger partial charge in [-0.25, -0.2) is 4.98 Å². The van der Waals surface area contributed by atoms with Crippen molar-refractivity contribution in [3.63, 3.8) is 0 Å². The fourth-order valence-electron chi connectivity index (χ4n) is 2.25. The van der Waals surface area contributed by atoms with E-state index in [2.05, 4.69) is 28.4 Å². The molecule has 0 aliphatic carbocycles. The number of aromatic nitrogens is 2. The Morgan fingerprint density at radius 3 is 2.61 bits per heavy atom. The highest BCUT2D eigenvalue weighted by atomic mass is 35.5. The van der Waals surface area contributed by atoms with Gasteiger partial charge in [0.25, 0.3) is 0 Å². The molecule has 1 aromatic carbocycles. The van der Waals surface area contributed by atoms with E-state index in [1.807, 2.05) is 36.5 Å². The Balaban J connectivity index is 2.33. The molecule has 3 rings (SSSR count). The molecule has 0 amide bonds. The lowest BCUT2D eigenvalue weighted by molar-refractivity contribution is 0.998. The highest BCUT2D eigenvalue weighted by molar-refractivity contribution is 6.33. The molecule has 0 N–H and O–H groups in total. The number of benzene rings is 1. The van der Waals surface area contributed by atoms with Crippen molar-refractivity contribution in [1.82, 2.24) is 9.38 Å². The summed E-state index contributed by atoms with van der Waals surface area (Å²) in [5.74, 6) is 0. The Morgan fingerprint density at radius 2 is 1.89 bits per heavy atom. The summed E-state index contributed by atoms with van der Waals surface area (Å²) in [6.45, 7) is 2.14. The van der Waals surface area contributed by atoms with Gasteiger partial charge in [-0.1, -0.05) is 48.9 Å². The van der Waals surface area contributed by atoms with Gasteiger partial charge in [0.15, 0.2) is 5.65 Å². The van der Waals surface area contributed by atoms with Crippen LogP contribution in [0.3, 0.4) is 0 Å². The Hall–Kier alpha value is -1.80. The molecule has 2 aromatic heterocycles. The van der Waals surface area contributed by atoms with Crippen LogP contribution in [0.25, 0.3) is 16.9 Å². The molecule has 90 valence electrons. The van der Waals surface area contributed by atoms with Crippen molar-refractivity contribution in [3.05, 3.63) is 59.4 Å². The maximum absolute atomic E-state index is 6.20. The van der Waals surface area contributed by atoms with Crippen molar-refractivity contribution in [2.75, 3.05) is 0 Å². The standard InChI is InChI=1S/C15H13ClN2/c1-2-13-14(11-7-4-3-5-8-11)17-15-12(16)9-6-10-18(13)15/h3-10H,2H2,1H3. The van der Waals surface area contributed by atoms with E-state index in [9.17, 15) is 0 Å². The monoisotopic (exact) mass is 256 g/mol. The zero-order valence-electron chi connectivity index (χ0n) is 10.1. The van der Waals surface area contributed by atoms with Gasteiger partial charge in [0, 0.05) is 11.8 Å². The van der Waals surface area contributed by atoms with E-state index in [-0.39, 0.29) is 0 Å². The molecule has 0 aliphatic heterocycles. The third-order valence-corrected chi connectivity index (χ3v) is 3.38. The van der Waals surface area contributed by atoms with Crippen molar-refractivity contribution in [3.8, 4) is 11.3 Å². The van der Waals surface area contributed by atoms with E-state index >= 15 is 0 Å². The van der Waals surface area contributed by atoms with Crippen molar-refractivity contribution in [2.45, 2.75) is 13.3 Å². The SMILES string of the molecule is CCc1c(-c2ccccc2)nc2c(Cl)cccn12. The van der Waals surface area contributed by atoms with Gasteiger partial charge in [-0.3, -0.25) is 0 Å². The summed E-state index contributed by atoms with van der Waals surface area (Å²) in [6, 6.07) is 14.0. The van der Waals surface area contributed by atoms with Gasteiger partial charge in [-0.15, -0.1) is 0 Å². The van der Waals surface area contributed by atoms with Crippen molar-refractivity contribution in [1.29, 1.82) is 0 Å². The number of aryl methyl sites for hydroxylation is 1. The highest BCUT2D eigenvalue weighted by Gasteiger charge is 2.13. The first-order valence-corrected chi connectivity index (χ1v) is 6.40. The highest BCUT2D eigenvalue weighted by Crippen LogP contribution is 2.27. The summed E-state index contributed by atoms with van der Waals surface area (Å²) in [6.07, 6.45) is 2.94. The fraction of sp³-hybridized carbons (Fsp3) is 0.133. The second kappa shape index (κ2) is 4.46. The molecule has 0 fully saturated rings. The number of pyridine rings is 1. The molecule has 3 heteroatoms. The molecule has 0 spiro atoms. The van der Waals surface area contributed by atoms with Crippen LogP contribution in [0, 0.1) is 0 Å². The summed E-state index contributed by atoms with van der Waals surface area (Å²) in [4.78, 5) is 4.68. The van der Waals surface area contributed by atoms with Gasteiger partial charge >= 0.3 is 0 Å². The first-order chi connectivity index (χ1) is 8.81. The van der Waals surface area contributed by atoms with Crippen LogP contribution >= 0.6 is 11.6 Å². The van der Waals surface area contributed by atoms with Gasteiger partial charge in [0.2, 0.25) is 0 Å². The summed E-state index contributed by atoms with van der Waals surface area (Å²) < 4.78 is 2.07. The minimum atomic E-state index is 0.689. The van der Waals surface area contributed by atoms with Gasteiger partial charge in [-0.05, 0) is 18.6 Å². The number of rotatable bonds is 2. The lowest BCUT2D eigenvalue weighted by Crippen LogP contribution is -1.92. The predicted molar refractivity (Wildman–Crippen MR) is 75.0 cm³/mol. The van der Waals surface area contributed by atoms with Crippen LogP contribution in [0.5, 0.6) is 0 Å². The molecule has 0 unspecified atom stereocenters. The van der Waals surface area contributed by atoms with E-state index in [0.29, 0.717) is 5.02 Å². The molecule has 3 aromatic rings. The second-order valence-electron chi connectivity index (χ2n) is 4.18. The smallest absolute Gasteiger partial charge is 0.156 e. The first kappa shape index (κ1) is 11.3. The van der Waals surface area contributed by atoms with Crippen LogP contribution in [0.1, 0.15) is 12.6 Å². The van der Waals surface area contributed by atoms with Gasteiger partial charge in [0.05, 0.1) is 16.4 Å². The van der Waals surface area contributed by atoms with E-state index in [1.165, 1.54) is 5.69 Å². The zero-order chi connectivity index (χ0) is 12.5. The zero-order valence-corrected chi connectivity index (χ0v) is 10.9. The van der Waals surface area contributed by atoms with E-state index in [1.54, 1.807) is 0 Å². The number of halogens is 1.